The highest BCUT2D eigenvalue weighted by atomic mass is 19.4. The van der Waals surface area contributed by atoms with Crippen molar-refractivity contribution in [1.82, 2.24) is 20.2 Å². The summed E-state index contributed by atoms with van der Waals surface area (Å²) in [5, 5.41) is 8.64. The molecule has 0 saturated heterocycles. The van der Waals surface area contributed by atoms with Crippen molar-refractivity contribution in [3.05, 3.63) is 47.2 Å². The van der Waals surface area contributed by atoms with Gasteiger partial charge in [-0.25, -0.2) is 9.37 Å². The van der Waals surface area contributed by atoms with Gasteiger partial charge in [0.15, 0.2) is 17.2 Å². The third-order valence-corrected chi connectivity index (χ3v) is 3.69. The number of amides is 1. The maximum Gasteiger partial charge on any atom is 0.435 e. The van der Waals surface area contributed by atoms with Crippen LogP contribution < -0.4 is 10.1 Å². The van der Waals surface area contributed by atoms with Crippen LogP contribution in [0.25, 0.3) is 11.5 Å². The van der Waals surface area contributed by atoms with Gasteiger partial charge in [-0.15, -0.1) is 0 Å². The molecule has 2 aromatic heterocycles. The Balaban J connectivity index is 1.94. The monoisotopic (exact) mass is 383 g/mol. The minimum Gasteiger partial charge on any atom is -0.496 e. The Morgan fingerprint density at radius 2 is 2.04 bits per heavy atom. The first-order chi connectivity index (χ1) is 12.7. The predicted octanol–water partition coefficient (Wildman–Crippen LogP) is 3.53. The van der Waals surface area contributed by atoms with Gasteiger partial charge >= 0.3 is 6.18 Å². The number of halogens is 4. The molecule has 0 atom stereocenters. The Hall–Kier alpha value is -3.37. The molecular formula is C16H13F4N5O2. The summed E-state index contributed by atoms with van der Waals surface area (Å²) in [6, 6.07) is 3.86. The minimum atomic E-state index is -4.64. The Labute approximate surface area is 149 Å². The van der Waals surface area contributed by atoms with E-state index in [1.54, 1.807) is 0 Å². The summed E-state index contributed by atoms with van der Waals surface area (Å²) in [5.41, 5.74) is -1.68. The van der Waals surface area contributed by atoms with Crippen molar-refractivity contribution in [2.24, 2.45) is 0 Å². The van der Waals surface area contributed by atoms with Gasteiger partial charge in [0, 0.05) is 11.9 Å². The molecule has 0 aliphatic heterocycles. The number of aromatic nitrogens is 4. The smallest absolute Gasteiger partial charge is 0.435 e. The van der Waals surface area contributed by atoms with Gasteiger partial charge in [0.2, 0.25) is 0 Å². The van der Waals surface area contributed by atoms with E-state index in [0.717, 1.165) is 6.07 Å². The number of hydrogen-bond acceptors (Lipinski definition) is 4. The SMILES string of the molecule is COc1cccc(F)c1C(=O)Nc1c[nH]nc1-c1nc(C(F)(F)F)c(C)[nH]1. The quantitative estimate of drug-likeness (QED) is 0.601. The number of H-pyrrole nitrogens is 2. The number of carbonyl (C=O) groups is 1. The molecule has 0 aliphatic rings. The second-order valence-corrected chi connectivity index (χ2v) is 5.48. The van der Waals surface area contributed by atoms with Gasteiger partial charge in [0.25, 0.3) is 5.91 Å². The molecule has 3 aromatic rings. The highest BCUT2D eigenvalue weighted by molar-refractivity contribution is 6.07. The lowest BCUT2D eigenvalue weighted by Gasteiger charge is -2.09. The molecule has 0 aliphatic carbocycles. The lowest BCUT2D eigenvalue weighted by molar-refractivity contribution is -0.141. The Kier molecular flexibility index (Phi) is 4.60. The normalized spacial score (nSPS) is 11.5. The van der Waals surface area contributed by atoms with Crippen LogP contribution in [0.5, 0.6) is 5.75 Å². The van der Waals surface area contributed by atoms with Gasteiger partial charge in [-0.05, 0) is 19.1 Å². The van der Waals surface area contributed by atoms with Crippen molar-refractivity contribution in [1.29, 1.82) is 0 Å². The first kappa shape index (κ1) is 18.4. The fourth-order valence-electron chi connectivity index (χ4n) is 2.49. The number of methoxy groups -OCH3 is 1. The van der Waals surface area contributed by atoms with Gasteiger partial charge in [-0.1, -0.05) is 6.07 Å². The summed E-state index contributed by atoms with van der Waals surface area (Å²) in [4.78, 5) is 18.4. The predicted molar refractivity (Wildman–Crippen MR) is 86.8 cm³/mol. The molecule has 0 saturated carbocycles. The van der Waals surface area contributed by atoms with Crippen molar-refractivity contribution < 1.29 is 27.1 Å². The van der Waals surface area contributed by atoms with E-state index < -0.39 is 23.6 Å². The molecular weight excluding hydrogens is 370 g/mol. The molecule has 2 heterocycles. The molecule has 7 nitrogen and oxygen atoms in total. The van der Waals surface area contributed by atoms with Gasteiger partial charge in [0.05, 0.1) is 12.8 Å². The summed E-state index contributed by atoms with van der Waals surface area (Å²) < 4.78 is 57.8. The Morgan fingerprint density at radius 3 is 2.67 bits per heavy atom. The molecule has 0 bridgehead atoms. The van der Waals surface area contributed by atoms with E-state index >= 15 is 0 Å². The highest BCUT2D eigenvalue weighted by Gasteiger charge is 2.36. The molecule has 27 heavy (non-hydrogen) atoms. The second-order valence-electron chi connectivity index (χ2n) is 5.48. The number of nitrogens with zero attached hydrogens (tertiary/aromatic N) is 2. The number of rotatable bonds is 4. The van der Waals surface area contributed by atoms with E-state index in [0.29, 0.717) is 0 Å². The summed E-state index contributed by atoms with van der Waals surface area (Å²) in [5.74, 6) is -1.86. The lowest BCUT2D eigenvalue weighted by atomic mass is 10.1. The van der Waals surface area contributed by atoms with Crippen molar-refractivity contribution in [3.63, 3.8) is 0 Å². The van der Waals surface area contributed by atoms with E-state index in [9.17, 15) is 22.4 Å². The molecule has 1 amide bonds. The van der Waals surface area contributed by atoms with Crippen LogP contribution >= 0.6 is 0 Å². The zero-order chi connectivity index (χ0) is 19.8. The third kappa shape index (κ3) is 3.48. The van der Waals surface area contributed by atoms with E-state index in [2.05, 4.69) is 25.5 Å². The second kappa shape index (κ2) is 6.74. The first-order valence-corrected chi connectivity index (χ1v) is 7.54. The largest absolute Gasteiger partial charge is 0.496 e. The third-order valence-electron chi connectivity index (χ3n) is 3.69. The molecule has 3 rings (SSSR count). The minimum absolute atomic E-state index is 0.00532. The summed E-state index contributed by atoms with van der Waals surface area (Å²) in [6.07, 6.45) is -3.40. The van der Waals surface area contributed by atoms with Crippen LogP contribution in [0.1, 0.15) is 21.7 Å². The van der Waals surface area contributed by atoms with Crippen LogP contribution in [0.2, 0.25) is 0 Å². The van der Waals surface area contributed by atoms with Gasteiger partial charge in [-0.3, -0.25) is 9.89 Å². The number of hydrogen-bond donors (Lipinski definition) is 3. The zero-order valence-corrected chi connectivity index (χ0v) is 14.0. The summed E-state index contributed by atoms with van der Waals surface area (Å²) in [7, 11) is 1.28. The average molecular weight is 383 g/mol. The zero-order valence-electron chi connectivity index (χ0n) is 14.0. The molecule has 1 aromatic carbocycles. The molecule has 142 valence electrons. The summed E-state index contributed by atoms with van der Waals surface area (Å²) >= 11 is 0. The van der Waals surface area contributed by atoms with Gasteiger partial charge in [-0.2, -0.15) is 18.3 Å². The van der Waals surface area contributed by atoms with Crippen LogP contribution in [-0.4, -0.2) is 33.2 Å². The Bertz CT molecular complexity index is 993. The van der Waals surface area contributed by atoms with Crippen molar-refractivity contribution in [3.8, 4) is 17.3 Å². The van der Waals surface area contributed by atoms with Crippen molar-refractivity contribution in [2.45, 2.75) is 13.1 Å². The van der Waals surface area contributed by atoms with Crippen molar-refractivity contribution in [2.75, 3.05) is 12.4 Å². The van der Waals surface area contributed by atoms with Crippen LogP contribution in [0.3, 0.4) is 0 Å². The Morgan fingerprint density at radius 1 is 1.30 bits per heavy atom. The number of ether oxygens (including phenoxy) is 1. The topological polar surface area (TPSA) is 95.7 Å². The fourth-order valence-corrected chi connectivity index (χ4v) is 2.49. The number of carbonyl (C=O) groups excluding carboxylic acids is 1. The molecule has 0 spiro atoms. The first-order valence-electron chi connectivity index (χ1n) is 7.54. The molecule has 0 fully saturated rings. The highest BCUT2D eigenvalue weighted by Crippen LogP contribution is 2.33. The van der Waals surface area contributed by atoms with Crippen LogP contribution in [0, 0.1) is 12.7 Å². The number of benzene rings is 1. The van der Waals surface area contributed by atoms with Crippen LogP contribution in [-0.2, 0) is 6.18 Å². The van der Waals surface area contributed by atoms with Crippen LogP contribution in [0.15, 0.2) is 24.4 Å². The molecule has 11 heteroatoms. The van der Waals surface area contributed by atoms with E-state index in [1.165, 1.54) is 32.4 Å². The van der Waals surface area contributed by atoms with Gasteiger partial charge < -0.3 is 15.0 Å². The van der Waals surface area contributed by atoms with E-state index in [4.69, 9.17) is 4.74 Å². The van der Waals surface area contributed by atoms with Crippen molar-refractivity contribution >= 4 is 11.6 Å². The lowest BCUT2D eigenvalue weighted by Crippen LogP contribution is -2.15. The number of imidazole rings is 1. The number of alkyl halides is 3. The molecule has 0 radical (unpaired) electrons. The van der Waals surface area contributed by atoms with E-state index in [1.807, 2.05) is 0 Å². The standard InChI is InChI=1S/C16H13F4N5O2/c1-7-13(16(18,19)20)24-14(22-7)12-9(6-21-25-12)23-15(26)11-8(17)4-3-5-10(11)27-2/h3-6H,1-2H3,(H,21,25)(H,22,24)(H,23,26). The maximum atomic E-state index is 14.0. The molecule has 0 unspecified atom stereocenters. The van der Waals surface area contributed by atoms with E-state index in [-0.39, 0.29) is 34.2 Å². The van der Waals surface area contributed by atoms with Crippen LogP contribution in [0.4, 0.5) is 23.2 Å². The summed E-state index contributed by atoms with van der Waals surface area (Å²) in [6.45, 7) is 1.22. The number of aryl methyl sites for hydroxylation is 1. The number of anilines is 1. The average Bonchev–Trinajstić information content (AvgIpc) is 3.20. The number of nitrogens with one attached hydrogen (secondary N) is 3. The molecule has 3 N–H and O–H groups in total. The van der Waals surface area contributed by atoms with Gasteiger partial charge in [0.1, 0.15) is 17.1 Å². The number of aromatic amines is 2. The fraction of sp³-hybridized carbons (Fsp3) is 0.188. The maximum absolute atomic E-state index is 14.0.